The lowest BCUT2D eigenvalue weighted by Gasteiger charge is -2.34. The first kappa shape index (κ1) is 22.4. The van der Waals surface area contributed by atoms with Crippen molar-refractivity contribution < 1.29 is 27.5 Å². The standard InChI is InChI=1S/C20H29N3O6S/c1-28-17-8-7-16(13-18(17)29-2)30(26,27)23-11-9-22(10-12-23)19(24)14-21-20(25)15-5-3-4-6-15/h7-8,13,15H,3-6,9-12,14H2,1-2H3,(H,21,25). The van der Waals surface area contributed by atoms with E-state index >= 15 is 0 Å². The SMILES string of the molecule is COc1ccc(S(=O)(=O)N2CCN(C(=O)CNC(=O)C3CCCC3)CC2)cc1OC. The molecule has 0 aromatic heterocycles. The van der Waals surface area contributed by atoms with Gasteiger partial charge in [-0.1, -0.05) is 12.8 Å². The van der Waals surface area contributed by atoms with Crippen LogP contribution in [0.2, 0.25) is 0 Å². The summed E-state index contributed by atoms with van der Waals surface area (Å²) < 4.78 is 37.6. The number of methoxy groups -OCH3 is 2. The summed E-state index contributed by atoms with van der Waals surface area (Å²) in [5.74, 6) is 0.554. The number of nitrogens with one attached hydrogen (secondary N) is 1. The van der Waals surface area contributed by atoms with Gasteiger partial charge in [0.2, 0.25) is 21.8 Å². The Hall–Kier alpha value is -2.33. The Morgan fingerprint density at radius 3 is 2.27 bits per heavy atom. The van der Waals surface area contributed by atoms with Crippen LogP contribution in [0, 0.1) is 5.92 Å². The first-order chi connectivity index (χ1) is 14.4. The quantitative estimate of drug-likeness (QED) is 0.675. The zero-order valence-electron chi connectivity index (χ0n) is 17.4. The zero-order chi connectivity index (χ0) is 21.7. The van der Waals surface area contributed by atoms with Gasteiger partial charge in [0.1, 0.15) is 0 Å². The third-order valence-corrected chi connectivity index (χ3v) is 7.62. The highest BCUT2D eigenvalue weighted by Crippen LogP contribution is 2.31. The molecule has 0 bridgehead atoms. The van der Waals surface area contributed by atoms with Gasteiger partial charge in [-0.25, -0.2) is 8.42 Å². The van der Waals surface area contributed by atoms with Gasteiger partial charge >= 0.3 is 0 Å². The van der Waals surface area contributed by atoms with Gasteiger partial charge in [-0.2, -0.15) is 4.31 Å². The topological polar surface area (TPSA) is 105 Å². The van der Waals surface area contributed by atoms with E-state index < -0.39 is 10.0 Å². The molecule has 1 saturated carbocycles. The average Bonchev–Trinajstić information content (AvgIpc) is 3.31. The molecule has 3 rings (SSSR count). The van der Waals surface area contributed by atoms with Crippen molar-refractivity contribution >= 4 is 21.8 Å². The molecule has 0 unspecified atom stereocenters. The minimum Gasteiger partial charge on any atom is -0.493 e. The van der Waals surface area contributed by atoms with Crippen molar-refractivity contribution in [2.75, 3.05) is 46.9 Å². The van der Waals surface area contributed by atoms with Crippen LogP contribution in [0.25, 0.3) is 0 Å². The van der Waals surface area contributed by atoms with Gasteiger partial charge in [0.25, 0.3) is 0 Å². The second kappa shape index (κ2) is 9.65. The molecule has 10 heteroatoms. The number of piperazine rings is 1. The molecule has 30 heavy (non-hydrogen) atoms. The number of sulfonamides is 1. The van der Waals surface area contributed by atoms with Gasteiger partial charge in [0.15, 0.2) is 11.5 Å². The van der Waals surface area contributed by atoms with E-state index in [2.05, 4.69) is 5.32 Å². The summed E-state index contributed by atoms with van der Waals surface area (Å²) in [7, 11) is -0.782. The van der Waals surface area contributed by atoms with Crippen LogP contribution in [0.15, 0.2) is 23.1 Å². The third-order valence-electron chi connectivity index (χ3n) is 5.72. The van der Waals surface area contributed by atoms with Crippen LogP contribution in [0.1, 0.15) is 25.7 Å². The van der Waals surface area contributed by atoms with E-state index in [1.807, 2.05) is 0 Å². The summed E-state index contributed by atoms with van der Waals surface area (Å²) >= 11 is 0. The minimum absolute atomic E-state index is 0.0151. The monoisotopic (exact) mass is 439 g/mol. The Balaban J connectivity index is 1.55. The molecule has 1 aliphatic carbocycles. The fourth-order valence-corrected chi connectivity index (χ4v) is 5.35. The van der Waals surface area contributed by atoms with Crippen LogP contribution in [-0.2, 0) is 19.6 Å². The number of amides is 2. The molecule has 1 heterocycles. The summed E-state index contributed by atoms with van der Waals surface area (Å²) in [4.78, 5) is 26.2. The van der Waals surface area contributed by atoms with E-state index in [-0.39, 0.29) is 55.4 Å². The van der Waals surface area contributed by atoms with E-state index in [1.54, 1.807) is 11.0 Å². The second-order valence-corrected chi connectivity index (χ2v) is 9.44. The molecule has 166 valence electrons. The summed E-state index contributed by atoms with van der Waals surface area (Å²) in [6.07, 6.45) is 3.88. The number of ether oxygens (including phenoxy) is 2. The predicted octanol–water partition coefficient (Wildman–Crippen LogP) is 0.843. The Morgan fingerprint density at radius 2 is 1.67 bits per heavy atom. The van der Waals surface area contributed by atoms with Gasteiger partial charge in [-0.05, 0) is 25.0 Å². The summed E-state index contributed by atoms with van der Waals surface area (Å²) in [6.45, 7) is 0.908. The van der Waals surface area contributed by atoms with Gasteiger partial charge in [0, 0.05) is 38.2 Å². The van der Waals surface area contributed by atoms with Crippen LogP contribution in [0.5, 0.6) is 11.5 Å². The lowest BCUT2D eigenvalue weighted by molar-refractivity contribution is -0.134. The maximum atomic E-state index is 13.0. The van der Waals surface area contributed by atoms with Crippen LogP contribution in [0.3, 0.4) is 0 Å². The van der Waals surface area contributed by atoms with Crippen molar-refractivity contribution in [3.63, 3.8) is 0 Å². The van der Waals surface area contributed by atoms with Gasteiger partial charge in [0.05, 0.1) is 25.7 Å². The minimum atomic E-state index is -3.72. The van der Waals surface area contributed by atoms with Crippen LogP contribution in [-0.4, -0.2) is 76.4 Å². The molecule has 0 radical (unpaired) electrons. The molecule has 1 aromatic carbocycles. The molecular formula is C20H29N3O6S. The van der Waals surface area contributed by atoms with Crippen molar-refractivity contribution in [2.24, 2.45) is 5.92 Å². The Labute approximate surface area is 177 Å². The maximum absolute atomic E-state index is 13.0. The number of carbonyl (C=O) groups excluding carboxylic acids is 2. The van der Waals surface area contributed by atoms with E-state index in [1.165, 1.54) is 30.7 Å². The van der Waals surface area contributed by atoms with E-state index in [0.717, 1.165) is 25.7 Å². The molecule has 0 spiro atoms. The number of hydrogen-bond acceptors (Lipinski definition) is 6. The smallest absolute Gasteiger partial charge is 0.243 e. The fraction of sp³-hybridized carbons (Fsp3) is 0.600. The van der Waals surface area contributed by atoms with Gasteiger partial charge in [-0.15, -0.1) is 0 Å². The maximum Gasteiger partial charge on any atom is 0.243 e. The number of benzene rings is 1. The molecule has 2 amide bonds. The number of nitrogens with zero attached hydrogens (tertiary/aromatic N) is 2. The molecular weight excluding hydrogens is 410 g/mol. The highest BCUT2D eigenvalue weighted by molar-refractivity contribution is 7.89. The summed E-state index contributed by atoms with van der Waals surface area (Å²) in [5.41, 5.74) is 0. The van der Waals surface area contributed by atoms with Crippen LogP contribution in [0.4, 0.5) is 0 Å². The molecule has 1 saturated heterocycles. The highest BCUT2D eigenvalue weighted by atomic mass is 32.2. The predicted molar refractivity (Wildman–Crippen MR) is 110 cm³/mol. The average molecular weight is 440 g/mol. The number of rotatable bonds is 7. The Bertz CT molecular complexity index is 875. The molecule has 1 aliphatic heterocycles. The number of hydrogen-bond donors (Lipinski definition) is 1. The largest absolute Gasteiger partial charge is 0.493 e. The van der Waals surface area contributed by atoms with Gasteiger partial charge < -0.3 is 19.7 Å². The van der Waals surface area contributed by atoms with Crippen molar-refractivity contribution in [1.29, 1.82) is 0 Å². The first-order valence-electron chi connectivity index (χ1n) is 10.1. The van der Waals surface area contributed by atoms with Crippen molar-refractivity contribution in [3.05, 3.63) is 18.2 Å². The fourth-order valence-electron chi connectivity index (χ4n) is 3.91. The Kier molecular flexibility index (Phi) is 7.19. The van der Waals surface area contributed by atoms with Crippen LogP contribution >= 0.6 is 0 Å². The lowest BCUT2D eigenvalue weighted by atomic mass is 10.1. The zero-order valence-corrected chi connectivity index (χ0v) is 18.2. The van der Waals surface area contributed by atoms with E-state index in [9.17, 15) is 18.0 Å². The van der Waals surface area contributed by atoms with Crippen molar-refractivity contribution in [3.8, 4) is 11.5 Å². The van der Waals surface area contributed by atoms with Crippen molar-refractivity contribution in [2.45, 2.75) is 30.6 Å². The first-order valence-corrected chi connectivity index (χ1v) is 11.6. The number of carbonyl (C=O) groups is 2. The lowest BCUT2D eigenvalue weighted by Crippen LogP contribution is -2.52. The summed E-state index contributed by atoms with van der Waals surface area (Å²) in [5, 5.41) is 2.72. The summed E-state index contributed by atoms with van der Waals surface area (Å²) in [6, 6.07) is 4.47. The molecule has 2 fully saturated rings. The normalized spacial score (nSPS) is 18.3. The molecule has 9 nitrogen and oxygen atoms in total. The molecule has 0 atom stereocenters. The second-order valence-electron chi connectivity index (χ2n) is 7.50. The van der Waals surface area contributed by atoms with Crippen molar-refractivity contribution in [1.82, 2.24) is 14.5 Å². The Morgan fingerprint density at radius 1 is 1.03 bits per heavy atom. The van der Waals surface area contributed by atoms with Gasteiger partial charge in [-0.3, -0.25) is 9.59 Å². The third kappa shape index (κ3) is 4.86. The highest BCUT2D eigenvalue weighted by Gasteiger charge is 2.31. The van der Waals surface area contributed by atoms with Crippen LogP contribution < -0.4 is 14.8 Å². The molecule has 2 aliphatic rings. The van der Waals surface area contributed by atoms with E-state index in [0.29, 0.717) is 11.5 Å². The molecule has 1 aromatic rings. The van der Waals surface area contributed by atoms with E-state index in [4.69, 9.17) is 9.47 Å². The molecule has 1 N–H and O–H groups in total.